The Balaban J connectivity index is 1.67. The highest BCUT2D eigenvalue weighted by Gasteiger charge is 2.26. The second kappa shape index (κ2) is 9.85. The standard InChI is InChI=1S/C22H32N4O4/c1-14(13-28-2)25-22-24-12-19-20(26-22)18(15-3-5-16(27)6-4-15)11-23-21(19)30-17-7-9-29-10-8-17/h11-12,14-17,27H,3-10,13H2,1-2H3,(H,24,25,26). The third kappa shape index (κ3) is 4.99. The Morgan fingerprint density at radius 1 is 1.13 bits per heavy atom. The first-order chi connectivity index (χ1) is 14.6. The van der Waals surface area contributed by atoms with Crippen molar-refractivity contribution in [1.82, 2.24) is 15.0 Å². The van der Waals surface area contributed by atoms with E-state index < -0.39 is 0 Å². The maximum Gasteiger partial charge on any atom is 0.224 e. The van der Waals surface area contributed by atoms with E-state index in [4.69, 9.17) is 19.2 Å². The summed E-state index contributed by atoms with van der Waals surface area (Å²) >= 11 is 0. The molecule has 1 aliphatic heterocycles. The summed E-state index contributed by atoms with van der Waals surface area (Å²) in [5.41, 5.74) is 2.00. The van der Waals surface area contributed by atoms with Crippen molar-refractivity contribution < 1.29 is 19.3 Å². The van der Waals surface area contributed by atoms with Crippen LogP contribution in [0.3, 0.4) is 0 Å². The molecule has 3 heterocycles. The first-order valence-corrected chi connectivity index (χ1v) is 11.0. The number of nitrogens with zero attached hydrogens (tertiary/aromatic N) is 3. The predicted molar refractivity (Wildman–Crippen MR) is 114 cm³/mol. The lowest BCUT2D eigenvalue weighted by molar-refractivity contribution is 0.0244. The number of hydrogen-bond donors (Lipinski definition) is 2. The molecule has 1 aliphatic carbocycles. The minimum absolute atomic E-state index is 0.0977. The monoisotopic (exact) mass is 416 g/mol. The Morgan fingerprint density at radius 3 is 2.63 bits per heavy atom. The molecule has 8 heteroatoms. The highest BCUT2D eigenvalue weighted by atomic mass is 16.5. The molecule has 30 heavy (non-hydrogen) atoms. The molecule has 0 aromatic carbocycles. The quantitative estimate of drug-likeness (QED) is 0.711. The maximum atomic E-state index is 9.91. The lowest BCUT2D eigenvalue weighted by atomic mass is 9.83. The SMILES string of the molecule is COCC(C)Nc1ncc2c(OC3CCOCC3)ncc(C3CCC(O)CC3)c2n1. The average Bonchev–Trinajstić information content (AvgIpc) is 2.75. The molecule has 0 spiro atoms. The summed E-state index contributed by atoms with van der Waals surface area (Å²) in [5, 5.41) is 14.1. The fourth-order valence-electron chi connectivity index (χ4n) is 4.33. The normalized spacial score (nSPS) is 24.0. The third-order valence-corrected chi connectivity index (χ3v) is 5.99. The number of rotatable bonds is 7. The Bertz CT molecular complexity index is 835. The Morgan fingerprint density at radius 2 is 1.90 bits per heavy atom. The first-order valence-electron chi connectivity index (χ1n) is 11.0. The lowest BCUT2D eigenvalue weighted by Crippen LogP contribution is -2.26. The van der Waals surface area contributed by atoms with Crippen LogP contribution >= 0.6 is 0 Å². The fourth-order valence-corrected chi connectivity index (χ4v) is 4.33. The molecule has 164 valence electrons. The molecule has 2 fully saturated rings. The molecule has 0 radical (unpaired) electrons. The molecule has 1 atom stereocenters. The van der Waals surface area contributed by atoms with Crippen LogP contribution in [0.2, 0.25) is 0 Å². The number of aromatic nitrogens is 3. The number of nitrogens with one attached hydrogen (secondary N) is 1. The van der Waals surface area contributed by atoms with Gasteiger partial charge in [-0.3, -0.25) is 0 Å². The van der Waals surface area contributed by atoms with Crippen LogP contribution in [0.1, 0.15) is 56.9 Å². The average molecular weight is 417 g/mol. The van der Waals surface area contributed by atoms with Crippen molar-refractivity contribution >= 4 is 16.9 Å². The topological polar surface area (TPSA) is 98.6 Å². The van der Waals surface area contributed by atoms with Gasteiger partial charge in [-0.1, -0.05) is 0 Å². The minimum Gasteiger partial charge on any atom is -0.474 e. The van der Waals surface area contributed by atoms with Crippen molar-refractivity contribution in [3.05, 3.63) is 18.0 Å². The third-order valence-electron chi connectivity index (χ3n) is 5.99. The van der Waals surface area contributed by atoms with Crippen LogP contribution < -0.4 is 10.1 Å². The van der Waals surface area contributed by atoms with Crippen molar-refractivity contribution in [1.29, 1.82) is 0 Å². The molecule has 2 N–H and O–H groups in total. The molecular formula is C22H32N4O4. The van der Waals surface area contributed by atoms with Crippen LogP contribution in [0.15, 0.2) is 12.4 Å². The van der Waals surface area contributed by atoms with Gasteiger partial charge in [0.2, 0.25) is 11.8 Å². The maximum absolute atomic E-state index is 9.91. The second-order valence-corrected chi connectivity index (χ2v) is 8.41. The summed E-state index contributed by atoms with van der Waals surface area (Å²) in [4.78, 5) is 14.0. The largest absolute Gasteiger partial charge is 0.474 e. The van der Waals surface area contributed by atoms with Gasteiger partial charge in [0.15, 0.2) is 0 Å². The van der Waals surface area contributed by atoms with Crippen LogP contribution in [0.25, 0.3) is 10.9 Å². The molecule has 8 nitrogen and oxygen atoms in total. The molecule has 1 saturated carbocycles. The van der Waals surface area contributed by atoms with Crippen molar-refractivity contribution in [2.45, 2.75) is 69.6 Å². The van der Waals surface area contributed by atoms with Gasteiger partial charge in [0, 0.05) is 44.0 Å². The van der Waals surface area contributed by atoms with Crippen molar-refractivity contribution in [3.63, 3.8) is 0 Å². The zero-order chi connectivity index (χ0) is 20.9. The van der Waals surface area contributed by atoms with Crippen LogP contribution in [0.5, 0.6) is 5.88 Å². The van der Waals surface area contributed by atoms with Crippen molar-refractivity contribution in [2.75, 3.05) is 32.2 Å². The van der Waals surface area contributed by atoms with Gasteiger partial charge in [0.05, 0.1) is 36.8 Å². The number of pyridine rings is 1. The highest BCUT2D eigenvalue weighted by Crippen LogP contribution is 2.38. The molecule has 0 amide bonds. The Kier molecular flexibility index (Phi) is 6.97. The van der Waals surface area contributed by atoms with Crippen molar-refractivity contribution in [3.8, 4) is 5.88 Å². The van der Waals surface area contributed by atoms with Gasteiger partial charge < -0.3 is 24.6 Å². The van der Waals surface area contributed by atoms with Crippen LogP contribution in [0.4, 0.5) is 5.95 Å². The number of hydrogen-bond acceptors (Lipinski definition) is 8. The zero-order valence-electron chi connectivity index (χ0n) is 17.8. The van der Waals surface area contributed by atoms with Gasteiger partial charge >= 0.3 is 0 Å². The number of ether oxygens (including phenoxy) is 3. The van der Waals surface area contributed by atoms with Gasteiger partial charge in [-0.15, -0.1) is 0 Å². The molecule has 4 rings (SSSR count). The van der Waals surface area contributed by atoms with Crippen molar-refractivity contribution in [2.24, 2.45) is 0 Å². The number of aliphatic hydroxyl groups excluding tert-OH is 1. The highest BCUT2D eigenvalue weighted by molar-refractivity contribution is 5.86. The second-order valence-electron chi connectivity index (χ2n) is 8.41. The molecular weight excluding hydrogens is 384 g/mol. The fraction of sp³-hybridized carbons (Fsp3) is 0.682. The zero-order valence-corrected chi connectivity index (χ0v) is 17.8. The van der Waals surface area contributed by atoms with E-state index >= 15 is 0 Å². The number of fused-ring (bicyclic) bond motifs is 1. The van der Waals surface area contributed by atoms with E-state index in [2.05, 4.69) is 15.3 Å². The van der Waals surface area contributed by atoms with Crippen LogP contribution in [0, 0.1) is 0 Å². The molecule has 0 bridgehead atoms. The number of aliphatic hydroxyl groups is 1. The van der Waals surface area contributed by atoms with E-state index in [0.717, 1.165) is 55.0 Å². The summed E-state index contributed by atoms with van der Waals surface area (Å²) in [7, 11) is 1.68. The van der Waals surface area contributed by atoms with E-state index in [1.807, 2.05) is 19.3 Å². The van der Waals surface area contributed by atoms with Crippen LogP contribution in [-0.2, 0) is 9.47 Å². The lowest BCUT2D eigenvalue weighted by Gasteiger charge is -2.27. The summed E-state index contributed by atoms with van der Waals surface area (Å²) in [5.74, 6) is 1.50. The summed E-state index contributed by atoms with van der Waals surface area (Å²) in [6.45, 7) is 4.04. The van der Waals surface area contributed by atoms with Gasteiger partial charge in [-0.2, -0.15) is 0 Å². The Hall–Kier alpha value is -2.03. The van der Waals surface area contributed by atoms with E-state index in [-0.39, 0.29) is 18.2 Å². The first kappa shape index (κ1) is 21.2. The van der Waals surface area contributed by atoms with Gasteiger partial charge in [-0.25, -0.2) is 15.0 Å². The molecule has 1 saturated heterocycles. The van der Waals surface area contributed by atoms with E-state index in [1.54, 1.807) is 7.11 Å². The molecule has 1 unspecified atom stereocenters. The predicted octanol–water partition coefficient (Wildman–Crippen LogP) is 3.05. The summed E-state index contributed by atoms with van der Waals surface area (Å²) in [6, 6.07) is 0.0977. The Labute approximate surface area is 177 Å². The minimum atomic E-state index is -0.196. The number of methoxy groups -OCH3 is 1. The van der Waals surface area contributed by atoms with E-state index in [9.17, 15) is 5.11 Å². The smallest absolute Gasteiger partial charge is 0.224 e. The molecule has 2 aromatic rings. The molecule has 2 aliphatic rings. The summed E-state index contributed by atoms with van der Waals surface area (Å²) in [6.07, 6.45) is 8.85. The molecule has 2 aromatic heterocycles. The van der Waals surface area contributed by atoms with Crippen LogP contribution in [-0.4, -0.2) is 65.2 Å². The van der Waals surface area contributed by atoms with Gasteiger partial charge in [0.1, 0.15) is 6.10 Å². The van der Waals surface area contributed by atoms with E-state index in [1.165, 1.54) is 0 Å². The number of anilines is 1. The van der Waals surface area contributed by atoms with E-state index in [0.29, 0.717) is 37.6 Å². The summed E-state index contributed by atoms with van der Waals surface area (Å²) < 4.78 is 16.9. The van der Waals surface area contributed by atoms with Gasteiger partial charge in [-0.05, 0) is 38.5 Å². The van der Waals surface area contributed by atoms with Gasteiger partial charge in [0.25, 0.3) is 0 Å².